The molecule has 1 aliphatic heterocycles. The molecule has 0 aromatic heterocycles. The maximum Gasteiger partial charge on any atom is 0.278 e. The van der Waals surface area contributed by atoms with E-state index in [0.717, 1.165) is 5.56 Å². The van der Waals surface area contributed by atoms with Crippen LogP contribution in [0.15, 0.2) is 84.6 Å². The van der Waals surface area contributed by atoms with Crippen molar-refractivity contribution in [3.05, 3.63) is 101 Å². The number of ether oxygens (including phenoxy) is 1. The zero-order valence-electron chi connectivity index (χ0n) is 17.0. The van der Waals surface area contributed by atoms with Crippen LogP contribution in [0.1, 0.15) is 11.1 Å². The van der Waals surface area contributed by atoms with Crippen LogP contribution in [-0.2, 0) is 16.0 Å². The highest BCUT2D eigenvalue weighted by Gasteiger charge is 2.39. The molecule has 1 aliphatic rings. The molecule has 2 amide bonds. The van der Waals surface area contributed by atoms with Crippen LogP contribution < -0.4 is 10.1 Å². The van der Waals surface area contributed by atoms with Gasteiger partial charge >= 0.3 is 0 Å². The van der Waals surface area contributed by atoms with Crippen LogP contribution in [0, 0.1) is 0 Å². The van der Waals surface area contributed by atoms with Crippen molar-refractivity contribution in [3.63, 3.8) is 0 Å². The Morgan fingerprint density at radius 3 is 2.26 bits per heavy atom. The highest BCUT2D eigenvalue weighted by Crippen LogP contribution is 2.33. The molecule has 0 fully saturated rings. The first-order chi connectivity index (χ1) is 15.1. The van der Waals surface area contributed by atoms with Crippen LogP contribution in [0.5, 0.6) is 5.75 Å². The molecule has 3 aromatic rings. The van der Waals surface area contributed by atoms with Gasteiger partial charge in [0, 0.05) is 11.6 Å². The lowest BCUT2D eigenvalue weighted by Crippen LogP contribution is -2.34. The first-order valence-corrected chi connectivity index (χ1v) is 10.3. The lowest BCUT2D eigenvalue weighted by Gasteiger charge is -2.16. The average molecular weight is 433 g/mol. The van der Waals surface area contributed by atoms with Gasteiger partial charge in [0.15, 0.2) is 0 Å². The van der Waals surface area contributed by atoms with Gasteiger partial charge in [-0.25, -0.2) is 0 Å². The molecule has 5 nitrogen and oxygen atoms in total. The van der Waals surface area contributed by atoms with Crippen molar-refractivity contribution in [2.45, 2.75) is 6.42 Å². The largest absolute Gasteiger partial charge is 0.495 e. The lowest BCUT2D eigenvalue weighted by molar-refractivity contribution is -0.136. The van der Waals surface area contributed by atoms with Crippen LogP contribution in [0.2, 0.25) is 5.02 Å². The van der Waals surface area contributed by atoms with Gasteiger partial charge in [-0.3, -0.25) is 14.5 Å². The van der Waals surface area contributed by atoms with E-state index in [9.17, 15) is 9.59 Å². The molecule has 0 aliphatic carbocycles. The summed E-state index contributed by atoms with van der Waals surface area (Å²) in [6.45, 7) is 0.271. The zero-order chi connectivity index (χ0) is 21.8. The number of amides is 2. The molecule has 0 radical (unpaired) electrons. The van der Waals surface area contributed by atoms with Crippen molar-refractivity contribution in [1.82, 2.24) is 4.90 Å². The number of nitrogens with zero attached hydrogens (tertiary/aromatic N) is 1. The fraction of sp³-hybridized carbons (Fsp3) is 0.120. The van der Waals surface area contributed by atoms with Crippen molar-refractivity contribution < 1.29 is 14.3 Å². The minimum atomic E-state index is -0.358. The van der Waals surface area contributed by atoms with E-state index in [4.69, 9.17) is 16.3 Å². The van der Waals surface area contributed by atoms with E-state index in [1.54, 1.807) is 25.3 Å². The molecule has 0 bridgehead atoms. The van der Waals surface area contributed by atoms with Crippen LogP contribution in [0.4, 0.5) is 5.69 Å². The third-order valence-corrected chi connectivity index (χ3v) is 5.39. The van der Waals surface area contributed by atoms with Gasteiger partial charge in [-0.15, -0.1) is 0 Å². The smallest absolute Gasteiger partial charge is 0.278 e. The molecule has 0 saturated carbocycles. The van der Waals surface area contributed by atoms with Crippen LogP contribution >= 0.6 is 11.6 Å². The molecule has 1 N–H and O–H groups in total. The highest BCUT2D eigenvalue weighted by molar-refractivity contribution is 6.36. The molecule has 3 aromatic carbocycles. The first kappa shape index (κ1) is 20.7. The summed E-state index contributed by atoms with van der Waals surface area (Å²) in [5.41, 5.74) is 2.91. The summed E-state index contributed by atoms with van der Waals surface area (Å²) >= 11 is 5.95. The number of halogens is 1. The Bertz CT molecular complexity index is 1140. The molecule has 31 heavy (non-hydrogen) atoms. The topological polar surface area (TPSA) is 58.6 Å². The Morgan fingerprint density at radius 1 is 0.871 bits per heavy atom. The van der Waals surface area contributed by atoms with Gasteiger partial charge in [0.25, 0.3) is 11.8 Å². The molecule has 1 heterocycles. The number of imide groups is 1. The van der Waals surface area contributed by atoms with Gasteiger partial charge < -0.3 is 10.1 Å². The average Bonchev–Trinajstić information content (AvgIpc) is 3.03. The predicted octanol–water partition coefficient (Wildman–Crippen LogP) is 4.78. The fourth-order valence-electron chi connectivity index (χ4n) is 3.54. The van der Waals surface area contributed by atoms with E-state index in [0.29, 0.717) is 34.0 Å². The SMILES string of the molecule is COc1ccccc1NC1=C(c2ccccc2)C(=O)N(CCc2ccc(Cl)cc2)C1=O. The van der Waals surface area contributed by atoms with Crippen molar-refractivity contribution >= 4 is 34.7 Å². The third kappa shape index (κ3) is 4.32. The summed E-state index contributed by atoms with van der Waals surface area (Å²) in [5, 5.41) is 3.80. The van der Waals surface area contributed by atoms with Gasteiger partial charge in [-0.05, 0) is 41.8 Å². The standard InChI is InChI=1S/C25H21ClN2O3/c1-31-21-10-6-5-9-20(21)27-23-22(18-7-3-2-4-8-18)24(29)28(25(23)30)16-15-17-11-13-19(26)14-12-17/h2-14,27H,15-16H2,1H3. The Labute approximate surface area is 185 Å². The van der Waals surface area contributed by atoms with Crippen LogP contribution in [0.25, 0.3) is 5.57 Å². The molecule has 4 rings (SSSR count). The first-order valence-electron chi connectivity index (χ1n) is 9.89. The Balaban J connectivity index is 1.66. The molecule has 0 unspecified atom stereocenters. The fourth-order valence-corrected chi connectivity index (χ4v) is 3.67. The summed E-state index contributed by atoms with van der Waals surface area (Å²) in [6, 6.07) is 23.9. The number of benzene rings is 3. The summed E-state index contributed by atoms with van der Waals surface area (Å²) in [4.78, 5) is 27.9. The van der Waals surface area contributed by atoms with Gasteiger partial charge in [-0.1, -0.05) is 66.2 Å². The van der Waals surface area contributed by atoms with Crippen molar-refractivity contribution in [3.8, 4) is 5.75 Å². The number of anilines is 1. The molecule has 156 valence electrons. The van der Waals surface area contributed by atoms with E-state index in [2.05, 4.69) is 5.32 Å². The maximum atomic E-state index is 13.3. The lowest BCUT2D eigenvalue weighted by atomic mass is 10.0. The number of nitrogens with one attached hydrogen (secondary N) is 1. The van der Waals surface area contributed by atoms with Crippen molar-refractivity contribution in [1.29, 1.82) is 0 Å². The zero-order valence-corrected chi connectivity index (χ0v) is 17.7. The third-order valence-electron chi connectivity index (χ3n) is 5.13. The van der Waals surface area contributed by atoms with E-state index in [1.807, 2.05) is 60.7 Å². The van der Waals surface area contributed by atoms with Crippen LogP contribution in [-0.4, -0.2) is 30.4 Å². The van der Waals surface area contributed by atoms with Crippen molar-refractivity contribution in [2.75, 3.05) is 19.0 Å². The van der Waals surface area contributed by atoms with Gasteiger partial charge in [0.05, 0.1) is 18.4 Å². The molecule has 0 saturated heterocycles. The van der Waals surface area contributed by atoms with Crippen molar-refractivity contribution in [2.24, 2.45) is 0 Å². The second-order valence-electron chi connectivity index (χ2n) is 7.08. The van der Waals surface area contributed by atoms with Gasteiger partial charge in [0.2, 0.25) is 0 Å². The summed E-state index contributed by atoms with van der Waals surface area (Å²) < 4.78 is 5.39. The van der Waals surface area contributed by atoms with Crippen LogP contribution in [0.3, 0.4) is 0 Å². The summed E-state index contributed by atoms with van der Waals surface area (Å²) in [6.07, 6.45) is 0.540. The normalized spacial score (nSPS) is 13.7. The molecular weight excluding hydrogens is 412 g/mol. The predicted molar refractivity (Wildman–Crippen MR) is 122 cm³/mol. The molecular formula is C25H21ClN2O3. The Hall–Kier alpha value is -3.57. The minimum absolute atomic E-state index is 0.247. The van der Waals surface area contributed by atoms with Gasteiger partial charge in [-0.2, -0.15) is 0 Å². The van der Waals surface area contributed by atoms with E-state index in [1.165, 1.54) is 4.90 Å². The number of para-hydroxylation sites is 2. The van der Waals surface area contributed by atoms with E-state index < -0.39 is 0 Å². The molecule has 0 atom stereocenters. The van der Waals surface area contributed by atoms with E-state index in [-0.39, 0.29) is 24.1 Å². The number of carbonyl (C=O) groups is 2. The number of rotatable bonds is 7. The minimum Gasteiger partial charge on any atom is -0.495 e. The molecule has 0 spiro atoms. The second-order valence-corrected chi connectivity index (χ2v) is 7.52. The number of methoxy groups -OCH3 is 1. The maximum absolute atomic E-state index is 13.3. The quantitative estimate of drug-likeness (QED) is 0.546. The summed E-state index contributed by atoms with van der Waals surface area (Å²) in [5.74, 6) is -0.0893. The van der Waals surface area contributed by atoms with E-state index >= 15 is 0 Å². The summed E-state index contributed by atoms with van der Waals surface area (Å²) in [7, 11) is 1.56. The number of carbonyl (C=O) groups excluding carboxylic acids is 2. The molecule has 6 heteroatoms. The number of hydrogen-bond donors (Lipinski definition) is 1. The Kier molecular flexibility index (Phi) is 6.05. The second kappa shape index (κ2) is 9.06. The highest BCUT2D eigenvalue weighted by atomic mass is 35.5. The number of hydrogen-bond acceptors (Lipinski definition) is 4. The monoisotopic (exact) mass is 432 g/mol. The Morgan fingerprint density at radius 2 is 1.55 bits per heavy atom. The van der Waals surface area contributed by atoms with Gasteiger partial charge in [0.1, 0.15) is 11.4 Å².